The first-order valence-corrected chi connectivity index (χ1v) is 16.6. The van der Waals surface area contributed by atoms with E-state index < -0.39 is 0 Å². The second-order valence-corrected chi connectivity index (χ2v) is 14.7. The molecule has 4 heteroatoms. The van der Waals surface area contributed by atoms with Crippen LogP contribution in [0.1, 0.15) is 0 Å². The van der Waals surface area contributed by atoms with E-state index >= 15 is 0 Å². The molecule has 0 saturated heterocycles. The number of rotatable bonds is 3. The number of para-hydroxylation sites is 2. The van der Waals surface area contributed by atoms with Crippen LogP contribution in [-0.2, 0) is 0 Å². The van der Waals surface area contributed by atoms with E-state index in [1.165, 1.54) is 29.0 Å². The van der Waals surface area contributed by atoms with Crippen LogP contribution in [0, 0.1) is 0 Å². The second-order valence-electron chi connectivity index (χ2n) is 4.83. The molecule has 2 aromatic carbocycles. The second kappa shape index (κ2) is 6.53. The first-order valence-electron chi connectivity index (χ1n) is 6.94. The average molecular weight is 512 g/mol. The van der Waals surface area contributed by atoms with Crippen LogP contribution in [0.3, 0.4) is 0 Å². The van der Waals surface area contributed by atoms with Crippen LogP contribution < -0.4 is 7.22 Å². The number of hydrogen-bond donors (Lipinski definition) is 0. The molecule has 0 aliphatic carbocycles. The monoisotopic (exact) mass is 516 g/mol. The SMILES string of the molecule is c1cnc2c([Te][Te]c3cccc4cccnc34)cccc2c1. The van der Waals surface area contributed by atoms with Gasteiger partial charge < -0.3 is 0 Å². The van der Waals surface area contributed by atoms with Crippen molar-refractivity contribution < 1.29 is 0 Å². The molecule has 0 atom stereocenters. The van der Waals surface area contributed by atoms with Gasteiger partial charge in [-0.15, -0.1) is 0 Å². The van der Waals surface area contributed by atoms with Crippen LogP contribution in [0.2, 0.25) is 0 Å². The molecule has 2 aromatic heterocycles. The Morgan fingerprint density at radius 3 is 1.50 bits per heavy atom. The summed E-state index contributed by atoms with van der Waals surface area (Å²) in [6.45, 7) is 0. The van der Waals surface area contributed by atoms with Gasteiger partial charge in [0, 0.05) is 0 Å². The van der Waals surface area contributed by atoms with Gasteiger partial charge in [0.15, 0.2) is 0 Å². The zero-order chi connectivity index (χ0) is 14.8. The zero-order valence-electron chi connectivity index (χ0n) is 11.6. The van der Waals surface area contributed by atoms with Crippen molar-refractivity contribution in [2.24, 2.45) is 0 Å². The van der Waals surface area contributed by atoms with Crippen molar-refractivity contribution in [3.8, 4) is 0 Å². The van der Waals surface area contributed by atoms with Gasteiger partial charge in [0.05, 0.1) is 0 Å². The molecule has 0 saturated carbocycles. The Hall–Kier alpha value is -1.16. The number of hydrogen-bond acceptors (Lipinski definition) is 2. The van der Waals surface area contributed by atoms with E-state index in [-0.39, 0.29) is 34.1 Å². The molecule has 2 heterocycles. The van der Waals surface area contributed by atoms with Gasteiger partial charge in [0.1, 0.15) is 0 Å². The molecule has 4 rings (SSSR count). The first kappa shape index (κ1) is 14.4. The van der Waals surface area contributed by atoms with Crippen LogP contribution in [0.5, 0.6) is 0 Å². The Morgan fingerprint density at radius 1 is 0.545 bits per heavy atom. The van der Waals surface area contributed by atoms with Gasteiger partial charge in [-0.2, -0.15) is 0 Å². The van der Waals surface area contributed by atoms with Crippen LogP contribution >= 0.6 is 0 Å². The molecule has 0 spiro atoms. The predicted octanol–water partition coefficient (Wildman–Crippen LogP) is 2.06. The van der Waals surface area contributed by atoms with Crippen molar-refractivity contribution in [3.63, 3.8) is 0 Å². The summed E-state index contributed by atoms with van der Waals surface area (Å²) in [6, 6.07) is 21.5. The quantitative estimate of drug-likeness (QED) is 0.394. The predicted molar refractivity (Wildman–Crippen MR) is 94.3 cm³/mol. The molecule has 0 bridgehead atoms. The maximum absolute atomic E-state index is 4.59. The Bertz CT molecular complexity index is 864. The van der Waals surface area contributed by atoms with Gasteiger partial charge in [0.25, 0.3) is 0 Å². The fourth-order valence-electron chi connectivity index (χ4n) is 2.38. The number of aromatic nitrogens is 2. The molecule has 0 amide bonds. The van der Waals surface area contributed by atoms with Gasteiger partial charge in [0.2, 0.25) is 0 Å². The molecule has 0 aliphatic heterocycles. The molecule has 0 unspecified atom stereocenters. The van der Waals surface area contributed by atoms with Crippen molar-refractivity contribution in [1.29, 1.82) is 0 Å². The Labute approximate surface area is 145 Å². The van der Waals surface area contributed by atoms with Crippen LogP contribution in [0.15, 0.2) is 73.1 Å². The zero-order valence-corrected chi connectivity index (χ0v) is 16.3. The minimum atomic E-state index is -0.203. The topological polar surface area (TPSA) is 25.8 Å². The Morgan fingerprint density at radius 2 is 1.00 bits per heavy atom. The third-order valence-electron chi connectivity index (χ3n) is 3.41. The van der Waals surface area contributed by atoms with E-state index in [1.807, 2.05) is 24.5 Å². The van der Waals surface area contributed by atoms with Crippen molar-refractivity contribution in [2.75, 3.05) is 0 Å². The van der Waals surface area contributed by atoms with Gasteiger partial charge in [-0.05, 0) is 0 Å². The Kier molecular flexibility index (Phi) is 4.28. The normalized spacial score (nSPS) is 11.1. The van der Waals surface area contributed by atoms with Gasteiger partial charge in [-0.25, -0.2) is 0 Å². The number of pyridine rings is 2. The molecule has 4 aromatic rings. The first-order chi connectivity index (χ1) is 10.9. The summed E-state index contributed by atoms with van der Waals surface area (Å²) in [5.41, 5.74) is 2.40. The molecular formula is C18H12N2Te2. The van der Waals surface area contributed by atoms with Crippen molar-refractivity contribution in [3.05, 3.63) is 73.1 Å². The molecule has 0 fully saturated rings. The molecule has 106 valence electrons. The van der Waals surface area contributed by atoms with Crippen molar-refractivity contribution in [2.45, 2.75) is 0 Å². The molecule has 0 N–H and O–H groups in total. The van der Waals surface area contributed by atoms with Gasteiger partial charge in [-0.3, -0.25) is 0 Å². The van der Waals surface area contributed by atoms with E-state index in [1.54, 1.807) is 0 Å². The third-order valence-corrected chi connectivity index (χ3v) is 15.0. The van der Waals surface area contributed by atoms with Crippen LogP contribution in [0.25, 0.3) is 21.8 Å². The van der Waals surface area contributed by atoms with Crippen LogP contribution in [-0.4, -0.2) is 44.1 Å². The summed E-state index contributed by atoms with van der Waals surface area (Å²) in [7, 11) is 0. The summed E-state index contributed by atoms with van der Waals surface area (Å²) in [4.78, 5) is 9.19. The molecule has 22 heavy (non-hydrogen) atoms. The fraction of sp³-hybridized carbons (Fsp3) is 0. The summed E-state index contributed by atoms with van der Waals surface area (Å²) in [6.07, 6.45) is 3.80. The molecule has 0 aliphatic rings. The fourth-order valence-corrected chi connectivity index (χ4v) is 13.7. The van der Waals surface area contributed by atoms with E-state index in [4.69, 9.17) is 0 Å². The summed E-state index contributed by atoms with van der Waals surface area (Å²) in [5, 5.41) is 2.52. The molecule has 2 nitrogen and oxygen atoms in total. The maximum atomic E-state index is 4.59. The summed E-state index contributed by atoms with van der Waals surface area (Å²) < 4.78 is 2.97. The van der Waals surface area contributed by atoms with Crippen molar-refractivity contribution in [1.82, 2.24) is 9.97 Å². The Balaban J connectivity index is 1.69. The number of benzene rings is 2. The molecule has 0 radical (unpaired) electrons. The number of nitrogens with zero attached hydrogens (tertiary/aromatic N) is 2. The summed E-state index contributed by atoms with van der Waals surface area (Å²) >= 11 is -0.406. The molecular weight excluding hydrogens is 499 g/mol. The number of fused-ring (bicyclic) bond motifs is 2. The van der Waals surface area contributed by atoms with E-state index in [9.17, 15) is 0 Å². The third kappa shape index (κ3) is 2.85. The van der Waals surface area contributed by atoms with E-state index in [2.05, 4.69) is 58.5 Å². The van der Waals surface area contributed by atoms with Crippen molar-refractivity contribution >= 4 is 63.1 Å². The van der Waals surface area contributed by atoms with E-state index in [0.29, 0.717) is 0 Å². The van der Waals surface area contributed by atoms with E-state index in [0.717, 1.165) is 0 Å². The standard InChI is InChI=1S/C18H12N2Te2/c1-5-13-7-3-11-19-17(13)15(9-1)21-22-16-10-2-6-14-8-4-12-20-18(14)16/h1-12H. The minimum absolute atomic E-state index is 0.203. The summed E-state index contributed by atoms with van der Waals surface area (Å²) in [5.74, 6) is 0. The van der Waals surface area contributed by atoms with Gasteiger partial charge in [-0.1, -0.05) is 0 Å². The van der Waals surface area contributed by atoms with Crippen LogP contribution in [0.4, 0.5) is 0 Å². The van der Waals surface area contributed by atoms with Gasteiger partial charge >= 0.3 is 146 Å². The average Bonchev–Trinajstić information content (AvgIpc) is 2.60.